The summed E-state index contributed by atoms with van der Waals surface area (Å²) >= 11 is 6.11. The third-order valence-corrected chi connectivity index (χ3v) is 3.36. The lowest BCUT2D eigenvalue weighted by atomic mass is 10.2. The second kappa shape index (κ2) is 6.09. The highest BCUT2D eigenvalue weighted by Gasteiger charge is 2.12. The monoisotopic (exact) mass is 291 g/mol. The van der Waals surface area contributed by atoms with Crippen LogP contribution in [0.2, 0.25) is 5.02 Å². The van der Waals surface area contributed by atoms with E-state index < -0.39 is 0 Å². The van der Waals surface area contributed by atoms with Gasteiger partial charge in [0.05, 0.1) is 5.56 Å². The van der Waals surface area contributed by atoms with Crippen LogP contribution in [0.1, 0.15) is 36.7 Å². The first-order valence-corrected chi connectivity index (χ1v) is 6.87. The molecular weight excluding hydrogens is 274 g/mol. The number of halogens is 1. The third-order valence-electron chi connectivity index (χ3n) is 2.99. The summed E-state index contributed by atoms with van der Waals surface area (Å²) in [6, 6.07) is 7.56. The summed E-state index contributed by atoms with van der Waals surface area (Å²) in [5.74, 6) is 1.85. The molecule has 1 aromatic carbocycles. The molecule has 0 aliphatic carbocycles. The predicted molar refractivity (Wildman–Crippen MR) is 81.1 cm³/mol. The molecule has 0 aliphatic rings. The van der Waals surface area contributed by atoms with Crippen molar-refractivity contribution in [1.82, 2.24) is 9.97 Å². The highest BCUT2D eigenvalue weighted by molar-refractivity contribution is 6.31. The van der Waals surface area contributed by atoms with Crippen LogP contribution in [0.25, 0.3) is 0 Å². The summed E-state index contributed by atoms with van der Waals surface area (Å²) in [7, 11) is 0. The number of anilines is 1. The third kappa shape index (κ3) is 3.20. The van der Waals surface area contributed by atoms with Crippen LogP contribution in [0, 0.1) is 6.92 Å². The van der Waals surface area contributed by atoms with Crippen LogP contribution in [0.15, 0.2) is 24.3 Å². The van der Waals surface area contributed by atoms with E-state index in [4.69, 9.17) is 22.1 Å². The maximum absolute atomic E-state index is 6.11. The quantitative estimate of drug-likeness (QED) is 0.932. The Labute approximate surface area is 124 Å². The van der Waals surface area contributed by atoms with Gasteiger partial charge in [0.25, 0.3) is 0 Å². The van der Waals surface area contributed by atoms with Crippen molar-refractivity contribution in [2.24, 2.45) is 0 Å². The molecule has 0 bridgehead atoms. The van der Waals surface area contributed by atoms with Crippen LogP contribution in [-0.2, 0) is 6.61 Å². The Hall–Kier alpha value is -1.81. The molecule has 2 N–H and O–H groups in total. The van der Waals surface area contributed by atoms with Gasteiger partial charge >= 0.3 is 0 Å². The van der Waals surface area contributed by atoms with Gasteiger partial charge in [-0.15, -0.1) is 0 Å². The largest absolute Gasteiger partial charge is 0.472 e. The van der Waals surface area contributed by atoms with Gasteiger partial charge < -0.3 is 10.5 Å². The molecule has 106 valence electrons. The number of hydrogen-bond acceptors (Lipinski definition) is 4. The van der Waals surface area contributed by atoms with E-state index in [1.165, 1.54) is 0 Å². The maximum atomic E-state index is 6.11. The maximum Gasteiger partial charge on any atom is 0.222 e. The summed E-state index contributed by atoms with van der Waals surface area (Å²) in [5, 5.41) is 0.677. The minimum Gasteiger partial charge on any atom is -0.472 e. The van der Waals surface area contributed by atoms with Crippen molar-refractivity contribution in [2.45, 2.75) is 33.3 Å². The van der Waals surface area contributed by atoms with Gasteiger partial charge in [-0.25, -0.2) is 4.98 Å². The average molecular weight is 292 g/mol. The molecule has 0 fully saturated rings. The van der Waals surface area contributed by atoms with Crippen molar-refractivity contribution in [1.29, 1.82) is 0 Å². The molecule has 0 aliphatic heterocycles. The van der Waals surface area contributed by atoms with E-state index in [-0.39, 0.29) is 5.92 Å². The van der Waals surface area contributed by atoms with Gasteiger partial charge in [0.2, 0.25) is 5.88 Å². The fraction of sp³-hybridized carbons (Fsp3) is 0.333. The number of nitrogens with two attached hydrogens (primary N) is 1. The van der Waals surface area contributed by atoms with Crippen LogP contribution in [0.4, 0.5) is 5.82 Å². The zero-order valence-corrected chi connectivity index (χ0v) is 12.6. The highest BCUT2D eigenvalue weighted by Crippen LogP contribution is 2.24. The van der Waals surface area contributed by atoms with Crippen LogP contribution in [0.3, 0.4) is 0 Å². The fourth-order valence-corrected chi connectivity index (χ4v) is 1.88. The number of nitrogens with zero attached hydrogens (tertiary/aromatic N) is 2. The molecule has 2 aromatic rings. The van der Waals surface area contributed by atoms with Gasteiger partial charge in [-0.2, -0.15) is 4.98 Å². The lowest BCUT2D eigenvalue weighted by Gasteiger charge is -2.13. The van der Waals surface area contributed by atoms with Crippen molar-refractivity contribution in [3.63, 3.8) is 0 Å². The highest BCUT2D eigenvalue weighted by atomic mass is 35.5. The van der Waals surface area contributed by atoms with E-state index in [9.17, 15) is 0 Å². The molecule has 0 spiro atoms. The second-order valence-electron chi connectivity index (χ2n) is 4.93. The molecule has 0 atom stereocenters. The first-order chi connectivity index (χ1) is 9.49. The van der Waals surface area contributed by atoms with Crippen LogP contribution in [-0.4, -0.2) is 9.97 Å². The zero-order valence-electron chi connectivity index (χ0n) is 11.9. The van der Waals surface area contributed by atoms with E-state index in [0.717, 1.165) is 11.1 Å². The molecule has 0 radical (unpaired) electrons. The first-order valence-electron chi connectivity index (χ1n) is 6.49. The lowest BCUT2D eigenvalue weighted by molar-refractivity contribution is 0.290. The Balaban J connectivity index is 2.23. The second-order valence-corrected chi connectivity index (χ2v) is 5.34. The number of nitrogen functional groups attached to an aromatic ring is 1. The molecule has 5 heteroatoms. The number of ether oxygens (including phenoxy) is 1. The Morgan fingerprint density at radius 1 is 1.25 bits per heavy atom. The van der Waals surface area contributed by atoms with Crippen LogP contribution < -0.4 is 10.5 Å². The molecule has 1 aromatic heterocycles. The molecule has 0 saturated heterocycles. The summed E-state index contributed by atoms with van der Waals surface area (Å²) in [6.07, 6.45) is 0. The predicted octanol–water partition coefficient (Wildman–Crippen LogP) is 3.72. The number of aromatic nitrogens is 2. The zero-order chi connectivity index (χ0) is 14.7. The van der Waals surface area contributed by atoms with Gasteiger partial charge in [-0.3, -0.25) is 0 Å². The Morgan fingerprint density at radius 3 is 2.60 bits per heavy atom. The minimum atomic E-state index is 0.195. The Kier molecular flexibility index (Phi) is 4.45. The normalized spacial score (nSPS) is 10.8. The average Bonchev–Trinajstić information content (AvgIpc) is 2.41. The molecule has 4 nitrogen and oxygen atoms in total. The van der Waals surface area contributed by atoms with Gasteiger partial charge in [-0.05, 0) is 13.0 Å². The SMILES string of the molecule is Cc1c(N)nc(C(C)C)nc1OCc1ccccc1Cl. The molecule has 2 rings (SSSR count). The molecule has 0 unspecified atom stereocenters. The lowest BCUT2D eigenvalue weighted by Crippen LogP contribution is -2.08. The standard InChI is InChI=1S/C15H18ClN3O/c1-9(2)14-18-13(17)10(3)15(19-14)20-8-11-6-4-5-7-12(11)16/h4-7,9H,8H2,1-3H3,(H2,17,18,19). The van der Waals surface area contributed by atoms with E-state index in [1.54, 1.807) is 0 Å². The van der Waals surface area contributed by atoms with Crippen LogP contribution in [0.5, 0.6) is 5.88 Å². The summed E-state index contributed by atoms with van der Waals surface area (Å²) in [6.45, 7) is 6.24. The summed E-state index contributed by atoms with van der Waals surface area (Å²) in [5.41, 5.74) is 7.57. The van der Waals surface area contributed by atoms with Crippen molar-refractivity contribution in [3.8, 4) is 5.88 Å². The Morgan fingerprint density at radius 2 is 1.95 bits per heavy atom. The molecular formula is C15H18ClN3O. The van der Waals surface area contributed by atoms with Gasteiger partial charge in [0.1, 0.15) is 18.2 Å². The molecule has 1 heterocycles. The van der Waals surface area contributed by atoms with Crippen molar-refractivity contribution >= 4 is 17.4 Å². The van der Waals surface area contributed by atoms with Crippen molar-refractivity contribution < 1.29 is 4.74 Å². The number of rotatable bonds is 4. The smallest absolute Gasteiger partial charge is 0.222 e. The number of hydrogen-bond donors (Lipinski definition) is 1. The van der Waals surface area contributed by atoms with E-state index >= 15 is 0 Å². The van der Waals surface area contributed by atoms with Crippen LogP contribution >= 0.6 is 11.6 Å². The number of benzene rings is 1. The van der Waals surface area contributed by atoms with E-state index in [0.29, 0.717) is 29.2 Å². The van der Waals surface area contributed by atoms with Gasteiger partial charge in [0, 0.05) is 16.5 Å². The van der Waals surface area contributed by atoms with Gasteiger partial charge in [0.15, 0.2) is 0 Å². The summed E-state index contributed by atoms with van der Waals surface area (Å²) < 4.78 is 5.76. The van der Waals surface area contributed by atoms with E-state index in [1.807, 2.05) is 45.0 Å². The Bertz CT molecular complexity index is 614. The topological polar surface area (TPSA) is 61.0 Å². The van der Waals surface area contributed by atoms with Crippen molar-refractivity contribution in [3.05, 3.63) is 46.2 Å². The molecule has 0 amide bonds. The minimum absolute atomic E-state index is 0.195. The molecule has 0 saturated carbocycles. The summed E-state index contributed by atoms with van der Waals surface area (Å²) in [4.78, 5) is 8.69. The molecule has 20 heavy (non-hydrogen) atoms. The fourth-order valence-electron chi connectivity index (χ4n) is 1.69. The van der Waals surface area contributed by atoms with Gasteiger partial charge in [-0.1, -0.05) is 43.6 Å². The first kappa shape index (κ1) is 14.6. The van der Waals surface area contributed by atoms with Crippen molar-refractivity contribution in [2.75, 3.05) is 5.73 Å². The van der Waals surface area contributed by atoms with E-state index in [2.05, 4.69) is 9.97 Å².